The van der Waals surface area contributed by atoms with Gasteiger partial charge in [-0.2, -0.15) is 0 Å². The van der Waals surface area contributed by atoms with Crippen LogP contribution in [0.2, 0.25) is 0 Å². The lowest BCUT2D eigenvalue weighted by Crippen LogP contribution is -2.24. The highest BCUT2D eigenvalue weighted by Gasteiger charge is 2.08. The summed E-state index contributed by atoms with van der Waals surface area (Å²) in [6.07, 6.45) is 6.24. The van der Waals surface area contributed by atoms with Crippen molar-refractivity contribution in [2.24, 2.45) is 0 Å². The largest absolute Gasteiger partial charge is 0.478 e. The Kier molecular flexibility index (Phi) is 7.15. The van der Waals surface area contributed by atoms with E-state index >= 15 is 0 Å². The number of hydrogen-bond acceptors (Lipinski definition) is 2. The van der Waals surface area contributed by atoms with E-state index in [-0.39, 0.29) is 17.0 Å². The second-order valence-corrected chi connectivity index (χ2v) is 4.72. The molecule has 1 rings (SSSR count). The van der Waals surface area contributed by atoms with Crippen molar-refractivity contribution in [1.82, 2.24) is 5.32 Å². The Balaban J connectivity index is 2.57. The number of amides is 1. The van der Waals surface area contributed by atoms with E-state index in [0.29, 0.717) is 6.54 Å². The predicted octanol–water partition coefficient (Wildman–Crippen LogP) is 3.23. The molecule has 0 aromatic heterocycles. The van der Waals surface area contributed by atoms with E-state index < -0.39 is 11.8 Å². The van der Waals surface area contributed by atoms with Crippen molar-refractivity contribution in [1.29, 1.82) is 0 Å². The average molecular weight is 293 g/mol. The minimum atomic E-state index is -1.15. The average Bonchev–Trinajstić information content (AvgIpc) is 2.45. The summed E-state index contributed by atoms with van der Waals surface area (Å²) in [7, 11) is 0. The van der Waals surface area contributed by atoms with Crippen LogP contribution in [0.3, 0.4) is 0 Å². The van der Waals surface area contributed by atoms with E-state index in [4.69, 9.17) is 5.11 Å². The normalized spacial score (nSPS) is 10.8. The van der Waals surface area contributed by atoms with Crippen LogP contribution in [0.5, 0.6) is 0 Å². The number of carbonyl (C=O) groups excluding carboxylic acids is 1. The number of carboxylic acids is 1. The quantitative estimate of drug-likeness (QED) is 0.571. The van der Waals surface area contributed by atoms with Crippen LogP contribution in [0.4, 0.5) is 4.39 Å². The van der Waals surface area contributed by atoms with Gasteiger partial charge in [0, 0.05) is 23.7 Å². The molecule has 1 amide bonds. The fraction of sp³-hybridized carbons (Fsp3) is 0.375. The fourth-order valence-electron chi connectivity index (χ4n) is 1.82. The summed E-state index contributed by atoms with van der Waals surface area (Å²) in [5.74, 6) is -2.09. The van der Waals surface area contributed by atoms with Crippen LogP contribution in [0.1, 0.15) is 48.5 Å². The molecule has 0 unspecified atom stereocenters. The summed E-state index contributed by atoms with van der Waals surface area (Å²) in [4.78, 5) is 22.2. The first-order valence-corrected chi connectivity index (χ1v) is 7.03. The number of nitrogens with one attached hydrogen (secondary N) is 1. The summed E-state index contributed by atoms with van der Waals surface area (Å²) >= 11 is 0. The van der Waals surface area contributed by atoms with Crippen LogP contribution in [-0.2, 0) is 4.79 Å². The molecule has 21 heavy (non-hydrogen) atoms. The number of rotatable bonds is 8. The van der Waals surface area contributed by atoms with Crippen molar-refractivity contribution in [2.75, 3.05) is 6.54 Å². The molecule has 4 nitrogen and oxygen atoms in total. The van der Waals surface area contributed by atoms with E-state index in [1.165, 1.54) is 12.1 Å². The van der Waals surface area contributed by atoms with Gasteiger partial charge in [0.2, 0.25) is 0 Å². The van der Waals surface area contributed by atoms with E-state index in [9.17, 15) is 14.0 Å². The molecule has 0 aliphatic rings. The van der Waals surface area contributed by atoms with Crippen LogP contribution in [0.15, 0.2) is 24.3 Å². The first kappa shape index (κ1) is 16.9. The van der Waals surface area contributed by atoms with Gasteiger partial charge in [-0.05, 0) is 24.6 Å². The molecule has 0 aliphatic carbocycles. The standard InChI is InChI=1S/C16H20FNO3/c1-2-3-4-5-10-18-16(21)13-7-6-12(14(17)11-13)8-9-15(19)20/h6-9,11H,2-5,10H2,1H3,(H,18,21)(H,19,20). The highest BCUT2D eigenvalue weighted by molar-refractivity contribution is 5.94. The summed E-state index contributed by atoms with van der Waals surface area (Å²) < 4.78 is 13.7. The molecule has 0 saturated carbocycles. The first-order chi connectivity index (χ1) is 10.0. The number of halogens is 1. The second kappa shape index (κ2) is 8.89. The lowest BCUT2D eigenvalue weighted by molar-refractivity contribution is -0.131. The molecule has 0 radical (unpaired) electrons. The molecule has 2 N–H and O–H groups in total. The van der Waals surface area contributed by atoms with Crippen molar-refractivity contribution in [3.8, 4) is 0 Å². The summed E-state index contributed by atoms with van der Waals surface area (Å²) in [6.45, 7) is 2.68. The van der Waals surface area contributed by atoms with Crippen molar-refractivity contribution in [3.05, 3.63) is 41.2 Å². The highest BCUT2D eigenvalue weighted by Crippen LogP contribution is 2.12. The van der Waals surface area contributed by atoms with Gasteiger partial charge in [-0.1, -0.05) is 32.3 Å². The predicted molar refractivity (Wildman–Crippen MR) is 79.5 cm³/mol. The summed E-state index contributed by atoms with van der Waals surface area (Å²) in [6, 6.07) is 3.98. The topological polar surface area (TPSA) is 66.4 Å². The van der Waals surface area contributed by atoms with Crippen LogP contribution in [-0.4, -0.2) is 23.5 Å². The molecule has 5 heteroatoms. The molecule has 0 heterocycles. The van der Waals surface area contributed by atoms with Gasteiger partial charge in [0.05, 0.1) is 0 Å². The molecule has 0 aliphatic heterocycles. The van der Waals surface area contributed by atoms with Crippen molar-refractivity contribution in [3.63, 3.8) is 0 Å². The van der Waals surface area contributed by atoms with Crippen LogP contribution < -0.4 is 5.32 Å². The summed E-state index contributed by atoms with van der Waals surface area (Å²) in [5, 5.41) is 11.2. The second-order valence-electron chi connectivity index (χ2n) is 4.72. The molecular formula is C16H20FNO3. The number of carboxylic acid groups (broad SMARTS) is 1. The van der Waals surface area contributed by atoms with Crippen LogP contribution in [0, 0.1) is 5.82 Å². The Morgan fingerprint density at radius 2 is 2.05 bits per heavy atom. The maximum Gasteiger partial charge on any atom is 0.328 e. The maximum absolute atomic E-state index is 13.7. The third-order valence-corrected chi connectivity index (χ3v) is 2.98. The van der Waals surface area contributed by atoms with E-state index in [0.717, 1.165) is 43.9 Å². The number of carbonyl (C=O) groups is 2. The Morgan fingerprint density at radius 1 is 1.29 bits per heavy atom. The smallest absolute Gasteiger partial charge is 0.328 e. The van der Waals surface area contributed by atoms with Gasteiger partial charge < -0.3 is 10.4 Å². The number of aliphatic carboxylic acids is 1. The lowest BCUT2D eigenvalue weighted by Gasteiger charge is -2.06. The first-order valence-electron chi connectivity index (χ1n) is 7.03. The fourth-order valence-corrected chi connectivity index (χ4v) is 1.82. The van der Waals surface area contributed by atoms with Gasteiger partial charge in [-0.3, -0.25) is 4.79 Å². The SMILES string of the molecule is CCCCCCNC(=O)c1ccc(C=CC(=O)O)c(F)c1. The lowest BCUT2D eigenvalue weighted by atomic mass is 10.1. The zero-order valence-electron chi connectivity index (χ0n) is 12.1. The maximum atomic E-state index is 13.7. The zero-order valence-corrected chi connectivity index (χ0v) is 12.1. The third-order valence-electron chi connectivity index (χ3n) is 2.98. The van der Waals surface area contributed by atoms with E-state index in [1.54, 1.807) is 0 Å². The van der Waals surface area contributed by atoms with Gasteiger partial charge in [0.25, 0.3) is 5.91 Å². The Hall–Kier alpha value is -2.17. The van der Waals surface area contributed by atoms with Gasteiger partial charge in [-0.15, -0.1) is 0 Å². The van der Waals surface area contributed by atoms with E-state index in [2.05, 4.69) is 12.2 Å². The molecule has 1 aromatic carbocycles. The van der Waals surface area contributed by atoms with E-state index in [1.807, 2.05) is 0 Å². The highest BCUT2D eigenvalue weighted by atomic mass is 19.1. The van der Waals surface area contributed by atoms with Gasteiger partial charge in [0.15, 0.2) is 0 Å². The van der Waals surface area contributed by atoms with Crippen molar-refractivity contribution < 1.29 is 19.1 Å². The molecule has 0 fully saturated rings. The minimum Gasteiger partial charge on any atom is -0.478 e. The molecule has 0 atom stereocenters. The molecule has 0 bridgehead atoms. The molecule has 1 aromatic rings. The monoisotopic (exact) mass is 293 g/mol. The van der Waals surface area contributed by atoms with Crippen LogP contribution in [0.25, 0.3) is 6.08 Å². The Bertz CT molecular complexity index is 526. The number of hydrogen-bond donors (Lipinski definition) is 2. The zero-order chi connectivity index (χ0) is 15.7. The Labute approximate surface area is 123 Å². The third kappa shape index (κ3) is 6.21. The molecule has 0 spiro atoms. The minimum absolute atomic E-state index is 0.136. The van der Waals surface area contributed by atoms with Gasteiger partial charge >= 0.3 is 5.97 Å². The van der Waals surface area contributed by atoms with Crippen molar-refractivity contribution in [2.45, 2.75) is 32.6 Å². The molecule has 114 valence electrons. The molecular weight excluding hydrogens is 273 g/mol. The molecule has 0 saturated heterocycles. The van der Waals surface area contributed by atoms with Crippen molar-refractivity contribution >= 4 is 18.0 Å². The van der Waals surface area contributed by atoms with Crippen LogP contribution >= 0.6 is 0 Å². The number of benzene rings is 1. The van der Waals surface area contributed by atoms with Gasteiger partial charge in [0.1, 0.15) is 5.82 Å². The Morgan fingerprint density at radius 3 is 2.67 bits per heavy atom. The van der Waals surface area contributed by atoms with Gasteiger partial charge in [-0.25, -0.2) is 9.18 Å². The summed E-state index contributed by atoms with van der Waals surface area (Å²) in [5.41, 5.74) is 0.368. The number of unbranched alkanes of at least 4 members (excludes halogenated alkanes) is 3.